The Balaban J connectivity index is 1.74. The summed E-state index contributed by atoms with van der Waals surface area (Å²) in [5.74, 6) is 0.916. The van der Waals surface area contributed by atoms with E-state index in [0.29, 0.717) is 29.6 Å². The second kappa shape index (κ2) is 4.79. The molecule has 1 fully saturated rings. The van der Waals surface area contributed by atoms with Gasteiger partial charge in [-0.05, 0) is 37.8 Å². The molecule has 0 spiro atoms. The SMILES string of the molecule is CC(CN)(NC(=O)c1cc(-c2ccco2)[nH]n1)C1CC1. The molecule has 2 aromatic heterocycles. The van der Waals surface area contributed by atoms with Crippen LogP contribution in [0.15, 0.2) is 28.9 Å². The number of nitrogens with zero attached hydrogens (tertiary/aromatic N) is 1. The van der Waals surface area contributed by atoms with Gasteiger partial charge in [0, 0.05) is 12.6 Å². The molecule has 4 N–H and O–H groups in total. The highest BCUT2D eigenvalue weighted by molar-refractivity contribution is 5.93. The zero-order valence-electron chi connectivity index (χ0n) is 11.3. The maximum absolute atomic E-state index is 12.3. The van der Waals surface area contributed by atoms with E-state index in [9.17, 15) is 4.79 Å². The summed E-state index contributed by atoms with van der Waals surface area (Å²) in [6.07, 6.45) is 3.81. The number of amides is 1. The molecule has 6 nitrogen and oxygen atoms in total. The maximum Gasteiger partial charge on any atom is 0.272 e. The van der Waals surface area contributed by atoms with Gasteiger partial charge in [-0.2, -0.15) is 5.10 Å². The molecule has 0 bridgehead atoms. The normalized spacial score (nSPS) is 17.7. The topological polar surface area (TPSA) is 96.9 Å². The average molecular weight is 274 g/mol. The fourth-order valence-electron chi connectivity index (χ4n) is 2.36. The summed E-state index contributed by atoms with van der Waals surface area (Å²) in [6.45, 7) is 2.42. The van der Waals surface area contributed by atoms with E-state index in [4.69, 9.17) is 10.2 Å². The van der Waals surface area contributed by atoms with Crippen molar-refractivity contribution < 1.29 is 9.21 Å². The zero-order chi connectivity index (χ0) is 14.2. The summed E-state index contributed by atoms with van der Waals surface area (Å²) in [6, 6.07) is 5.27. The molecule has 2 aromatic rings. The number of hydrogen-bond donors (Lipinski definition) is 3. The highest BCUT2D eigenvalue weighted by Gasteiger charge is 2.41. The lowest BCUT2D eigenvalue weighted by Crippen LogP contribution is -2.53. The summed E-state index contributed by atoms with van der Waals surface area (Å²) in [5.41, 5.74) is 6.48. The number of aromatic amines is 1. The van der Waals surface area contributed by atoms with Crippen LogP contribution in [-0.2, 0) is 0 Å². The molecular weight excluding hydrogens is 256 g/mol. The number of aromatic nitrogens is 2. The summed E-state index contributed by atoms with van der Waals surface area (Å²) in [4.78, 5) is 12.3. The second-order valence-electron chi connectivity index (χ2n) is 5.49. The van der Waals surface area contributed by atoms with Gasteiger partial charge in [0.05, 0.1) is 11.8 Å². The predicted molar refractivity (Wildman–Crippen MR) is 73.9 cm³/mol. The molecule has 1 aliphatic carbocycles. The first-order valence-electron chi connectivity index (χ1n) is 6.74. The highest BCUT2D eigenvalue weighted by atomic mass is 16.3. The first-order valence-corrected chi connectivity index (χ1v) is 6.74. The molecule has 2 heterocycles. The molecule has 3 rings (SSSR count). The Bertz CT molecular complexity index is 600. The third kappa shape index (κ3) is 2.34. The minimum atomic E-state index is -0.346. The molecule has 1 unspecified atom stereocenters. The Morgan fingerprint density at radius 1 is 1.65 bits per heavy atom. The fourth-order valence-corrected chi connectivity index (χ4v) is 2.36. The maximum atomic E-state index is 12.3. The van der Waals surface area contributed by atoms with Crippen LogP contribution in [0.1, 0.15) is 30.3 Å². The van der Waals surface area contributed by atoms with Crippen molar-refractivity contribution in [3.63, 3.8) is 0 Å². The van der Waals surface area contributed by atoms with Gasteiger partial charge in [0.1, 0.15) is 5.69 Å². The van der Waals surface area contributed by atoms with Crippen LogP contribution in [0.25, 0.3) is 11.5 Å². The Kier molecular flexibility index (Phi) is 3.10. The molecule has 106 valence electrons. The molecule has 0 radical (unpaired) electrons. The number of rotatable bonds is 5. The molecule has 0 aromatic carbocycles. The number of nitrogens with two attached hydrogens (primary N) is 1. The van der Waals surface area contributed by atoms with Gasteiger partial charge in [0.15, 0.2) is 11.5 Å². The van der Waals surface area contributed by atoms with Crippen LogP contribution in [0.2, 0.25) is 0 Å². The lowest BCUT2D eigenvalue weighted by molar-refractivity contribution is 0.0892. The Morgan fingerprint density at radius 3 is 3.05 bits per heavy atom. The van der Waals surface area contributed by atoms with Gasteiger partial charge >= 0.3 is 0 Å². The van der Waals surface area contributed by atoms with Crippen LogP contribution in [0.4, 0.5) is 0 Å². The van der Waals surface area contributed by atoms with Crippen molar-refractivity contribution >= 4 is 5.91 Å². The van der Waals surface area contributed by atoms with Crippen molar-refractivity contribution in [3.05, 3.63) is 30.2 Å². The minimum Gasteiger partial charge on any atom is -0.463 e. The van der Waals surface area contributed by atoms with Crippen LogP contribution < -0.4 is 11.1 Å². The number of H-pyrrole nitrogens is 1. The largest absolute Gasteiger partial charge is 0.463 e. The first-order chi connectivity index (χ1) is 9.62. The summed E-state index contributed by atoms with van der Waals surface area (Å²) >= 11 is 0. The van der Waals surface area contributed by atoms with Gasteiger partial charge in [-0.25, -0.2) is 0 Å². The van der Waals surface area contributed by atoms with Gasteiger partial charge in [0.25, 0.3) is 5.91 Å². The molecule has 20 heavy (non-hydrogen) atoms. The molecule has 0 aliphatic heterocycles. The summed E-state index contributed by atoms with van der Waals surface area (Å²) in [5, 5.41) is 9.84. The quantitative estimate of drug-likeness (QED) is 0.770. The highest BCUT2D eigenvalue weighted by Crippen LogP contribution is 2.39. The van der Waals surface area contributed by atoms with Gasteiger partial charge in [-0.3, -0.25) is 9.89 Å². The summed E-state index contributed by atoms with van der Waals surface area (Å²) < 4.78 is 5.26. The van der Waals surface area contributed by atoms with E-state index < -0.39 is 0 Å². The van der Waals surface area contributed by atoms with E-state index >= 15 is 0 Å². The van der Waals surface area contributed by atoms with Crippen molar-refractivity contribution in [1.82, 2.24) is 15.5 Å². The molecular formula is C14H18N4O2. The molecule has 1 saturated carbocycles. The average Bonchev–Trinajstić information content (AvgIpc) is 2.97. The summed E-state index contributed by atoms with van der Waals surface area (Å²) in [7, 11) is 0. The smallest absolute Gasteiger partial charge is 0.272 e. The molecule has 6 heteroatoms. The van der Waals surface area contributed by atoms with E-state index in [-0.39, 0.29) is 11.4 Å². The Labute approximate surface area is 116 Å². The van der Waals surface area contributed by atoms with E-state index in [2.05, 4.69) is 15.5 Å². The third-order valence-electron chi connectivity index (χ3n) is 3.90. The number of carbonyl (C=O) groups excluding carboxylic acids is 1. The number of nitrogens with one attached hydrogen (secondary N) is 2. The van der Waals surface area contributed by atoms with Crippen molar-refractivity contribution in [2.45, 2.75) is 25.3 Å². The van der Waals surface area contributed by atoms with Crippen molar-refractivity contribution in [2.24, 2.45) is 11.7 Å². The molecule has 0 saturated heterocycles. The zero-order valence-corrected chi connectivity index (χ0v) is 11.3. The first kappa shape index (κ1) is 12.9. The Hall–Kier alpha value is -2.08. The minimum absolute atomic E-state index is 0.209. The molecule has 1 aliphatic rings. The molecule has 1 amide bonds. The Morgan fingerprint density at radius 2 is 2.45 bits per heavy atom. The second-order valence-corrected chi connectivity index (χ2v) is 5.49. The number of furan rings is 1. The van der Waals surface area contributed by atoms with Gasteiger partial charge in [-0.15, -0.1) is 0 Å². The lowest BCUT2D eigenvalue weighted by Gasteiger charge is -2.29. The third-order valence-corrected chi connectivity index (χ3v) is 3.90. The van der Waals surface area contributed by atoms with E-state index in [0.717, 1.165) is 12.8 Å². The van der Waals surface area contributed by atoms with Gasteiger partial charge < -0.3 is 15.5 Å². The van der Waals surface area contributed by atoms with Crippen LogP contribution in [-0.4, -0.2) is 28.2 Å². The van der Waals surface area contributed by atoms with E-state index in [1.54, 1.807) is 18.4 Å². The van der Waals surface area contributed by atoms with Crippen LogP contribution in [0.5, 0.6) is 0 Å². The number of hydrogen-bond acceptors (Lipinski definition) is 4. The van der Waals surface area contributed by atoms with Crippen molar-refractivity contribution in [2.75, 3.05) is 6.54 Å². The molecule has 1 atom stereocenters. The van der Waals surface area contributed by atoms with Gasteiger partial charge in [0.2, 0.25) is 0 Å². The van der Waals surface area contributed by atoms with Gasteiger partial charge in [-0.1, -0.05) is 0 Å². The van der Waals surface area contributed by atoms with E-state index in [1.807, 2.05) is 13.0 Å². The lowest BCUT2D eigenvalue weighted by atomic mass is 9.96. The van der Waals surface area contributed by atoms with Crippen molar-refractivity contribution in [3.8, 4) is 11.5 Å². The monoisotopic (exact) mass is 274 g/mol. The number of carbonyl (C=O) groups is 1. The van der Waals surface area contributed by atoms with E-state index in [1.165, 1.54) is 0 Å². The standard InChI is InChI=1S/C14H18N4O2/c1-14(8-15,9-4-5-9)16-13(19)11-7-10(17-18-11)12-3-2-6-20-12/h2-3,6-7,9H,4-5,8,15H2,1H3,(H,16,19)(H,17,18). The fraction of sp³-hybridized carbons (Fsp3) is 0.429. The van der Waals surface area contributed by atoms with Crippen molar-refractivity contribution in [1.29, 1.82) is 0 Å². The van der Waals surface area contributed by atoms with Crippen LogP contribution in [0, 0.1) is 5.92 Å². The van der Waals surface area contributed by atoms with Crippen LogP contribution in [0.3, 0.4) is 0 Å². The van der Waals surface area contributed by atoms with Crippen LogP contribution >= 0.6 is 0 Å². The predicted octanol–water partition coefficient (Wildman–Crippen LogP) is 1.53.